The van der Waals surface area contributed by atoms with Crippen molar-refractivity contribution >= 4 is 18.3 Å². The van der Waals surface area contributed by atoms with Gasteiger partial charge in [-0.1, -0.05) is 0 Å². The van der Waals surface area contributed by atoms with Crippen LogP contribution in [0.25, 0.3) is 0 Å². The van der Waals surface area contributed by atoms with E-state index in [0.29, 0.717) is 0 Å². The Morgan fingerprint density at radius 2 is 1.70 bits per heavy atom. The van der Waals surface area contributed by atoms with E-state index >= 15 is 0 Å². The maximum Gasteiger partial charge on any atom is 0.215 e. The van der Waals surface area contributed by atoms with Gasteiger partial charge in [0.2, 0.25) is 6.49 Å². The van der Waals surface area contributed by atoms with Crippen LogP contribution in [-0.4, -0.2) is 43.7 Å². The molecule has 0 saturated heterocycles. The molecule has 10 heavy (non-hydrogen) atoms. The van der Waals surface area contributed by atoms with Crippen molar-refractivity contribution in [2.45, 2.75) is 11.9 Å². The molecule has 1 unspecified atom stereocenters. The van der Waals surface area contributed by atoms with Crippen LogP contribution >= 0.6 is 6.49 Å². The Hall–Kier alpha value is 0.450. The lowest BCUT2D eigenvalue weighted by molar-refractivity contribution is 0.0182. The first-order valence-electron chi connectivity index (χ1n) is 2.41. The van der Waals surface area contributed by atoms with E-state index in [9.17, 15) is 0 Å². The molecule has 0 saturated carbocycles. The van der Waals surface area contributed by atoms with Crippen LogP contribution in [0.2, 0.25) is 0 Å². The smallest absolute Gasteiger partial charge is 0.215 e. The molecule has 0 rings (SSSR count). The molecule has 5 nitrogen and oxygen atoms in total. The Bertz CT molecular complexity index is 144. The van der Waals surface area contributed by atoms with Crippen LogP contribution in [0.15, 0.2) is 0 Å². The van der Waals surface area contributed by atoms with Crippen molar-refractivity contribution in [3.63, 3.8) is 0 Å². The third kappa shape index (κ3) is 3.03. The van der Waals surface area contributed by atoms with Crippen LogP contribution in [0.3, 0.4) is 0 Å². The van der Waals surface area contributed by atoms with E-state index in [0.717, 1.165) is 0 Å². The second-order valence-corrected chi connectivity index (χ2v) is 5.07. The number of hydrogen-bond acceptors (Lipinski definition) is 4. The number of rotatable bonds is 3. The van der Waals surface area contributed by atoms with Crippen molar-refractivity contribution in [2.24, 2.45) is 0 Å². The van der Waals surface area contributed by atoms with E-state index < -0.39 is 25.0 Å². The molecule has 62 valence electrons. The third-order valence-electron chi connectivity index (χ3n) is 0.876. The summed E-state index contributed by atoms with van der Waals surface area (Å²) in [4.78, 5) is 17.1. The number of aliphatic hydroxyl groups excluding tert-OH is 3. The van der Waals surface area contributed by atoms with Gasteiger partial charge in [0, 0.05) is 0 Å². The predicted molar refractivity (Wildman–Crippen MR) is 37.8 cm³/mol. The number of hydrogen-bond donors (Lipinski definition) is 5. The highest BCUT2D eigenvalue weighted by Gasteiger charge is 2.28. The first kappa shape index (κ1) is 10.4. The molecule has 0 bridgehead atoms. The Labute approximate surface area is 62.7 Å². The first-order chi connectivity index (χ1) is 4.39. The highest BCUT2D eigenvalue weighted by Crippen LogP contribution is 2.41. The van der Waals surface area contributed by atoms with E-state index in [4.69, 9.17) is 25.1 Å². The zero-order valence-electron chi connectivity index (χ0n) is 4.95. The maximum absolute atomic E-state index is 8.69. The van der Waals surface area contributed by atoms with Gasteiger partial charge in [-0.2, -0.15) is 0 Å². The summed E-state index contributed by atoms with van der Waals surface area (Å²) in [5, 5.41) is 25.5. The molecular weight excluding hydrogens is 179 g/mol. The van der Waals surface area contributed by atoms with E-state index in [2.05, 4.69) is 11.8 Å². The van der Waals surface area contributed by atoms with Crippen LogP contribution in [0.1, 0.15) is 0 Å². The highest BCUT2D eigenvalue weighted by atomic mass is 32.5. The monoisotopic (exact) mass is 188 g/mol. The molecule has 0 fully saturated rings. The van der Waals surface area contributed by atoms with Crippen LogP contribution in [0, 0.1) is 0 Å². The molecule has 0 aliphatic rings. The average Bonchev–Trinajstić information content (AvgIpc) is 1.83. The summed E-state index contributed by atoms with van der Waals surface area (Å²) in [6.07, 6.45) is -1.58. The highest BCUT2D eigenvalue weighted by molar-refractivity contribution is 8.09. The van der Waals surface area contributed by atoms with Gasteiger partial charge in [-0.3, -0.25) is 0 Å². The summed E-state index contributed by atoms with van der Waals surface area (Å²) in [6.45, 7) is -4.60. The summed E-state index contributed by atoms with van der Waals surface area (Å²) in [6, 6.07) is 0. The third-order valence-corrected chi connectivity index (χ3v) is 2.56. The average molecular weight is 188 g/mol. The summed E-state index contributed by atoms with van der Waals surface area (Å²) >= 11 is 4.05. The van der Waals surface area contributed by atoms with E-state index in [1.54, 1.807) is 0 Å². The van der Waals surface area contributed by atoms with Crippen LogP contribution < -0.4 is 0 Å². The SMILES string of the molecule is OC[C@H](O)C(O)P(O)(O)=S. The van der Waals surface area contributed by atoms with Crippen LogP contribution in [0.4, 0.5) is 0 Å². The Balaban J connectivity index is 4.08. The Morgan fingerprint density at radius 1 is 1.30 bits per heavy atom. The summed E-state index contributed by atoms with van der Waals surface area (Å²) in [5.41, 5.74) is 0. The predicted octanol–water partition coefficient (Wildman–Crippen LogP) is -2.05. The van der Waals surface area contributed by atoms with E-state index in [1.807, 2.05) is 0 Å². The summed E-state index contributed by atoms with van der Waals surface area (Å²) in [7, 11) is 0. The van der Waals surface area contributed by atoms with Crippen LogP contribution in [-0.2, 0) is 11.8 Å². The molecule has 5 N–H and O–H groups in total. The minimum Gasteiger partial charge on any atom is -0.394 e. The molecule has 0 radical (unpaired) electrons. The lowest BCUT2D eigenvalue weighted by atomic mass is 10.4. The van der Waals surface area contributed by atoms with E-state index in [1.165, 1.54) is 0 Å². The van der Waals surface area contributed by atoms with Crippen molar-refractivity contribution in [1.29, 1.82) is 0 Å². The molecule has 7 heteroatoms. The van der Waals surface area contributed by atoms with Gasteiger partial charge in [-0.15, -0.1) is 0 Å². The molecular formula is C3H9O5PS. The molecule has 0 amide bonds. The minimum atomic E-state index is -3.85. The zero-order valence-corrected chi connectivity index (χ0v) is 6.66. The molecule has 0 aromatic rings. The van der Waals surface area contributed by atoms with Gasteiger partial charge in [0.05, 0.1) is 6.61 Å². The van der Waals surface area contributed by atoms with Crippen molar-refractivity contribution < 1.29 is 25.1 Å². The van der Waals surface area contributed by atoms with Crippen LogP contribution in [0.5, 0.6) is 0 Å². The molecule has 0 aliphatic carbocycles. The normalized spacial score (nSPS) is 18.5. The first-order valence-corrected chi connectivity index (χ1v) is 5.19. The topological polar surface area (TPSA) is 101 Å². The van der Waals surface area contributed by atoms with Gasteiger partial charge in [0.1, 0.15) is 6.10 Å². The van der Waals surface area contributed by atoms with Gasteiger partial charge in [0.25, 0.3) is 0 Å². The summed E-state index contributed by atoms with van der Waals surface area (Å²) < 4.78 is 0. The van der Waals surface area contributed by atoms with Crippen molar-refractivity contribution in [2.75, 3.05) is 6.61 Å². The summed E-state index contributed by atoms with van der Waals surface area (Å²) in [5.74, 6) is -1.83. The minimum absolute atomic E-state index is 0.749. The fraction of sp³-hybridized carbons (Fsp3) is 1.00. The molecule has 0 spiro atoms. The van der Waals surface area contributed by atoms with Crippen molar-refractivity contribution in [3.8, 4) is 0 Å². The van der Waals surface area contributed by atoms with Gasteiger partial charge in [0.15, 0.2) is 5.85 Å². The maximum atomic E-state index is 8.69. The van der Waals surface area contributed by atoms with Crippen molar-refractivity contribution in [1.82, 2.24) is 0 Å². The van der Waals surface area contributed by atoms with E-state index in [-0.39, 0.29) is 0 Å². The lowest BCUT2D eigenvalue weighted by Gasteiger charge is -2.19. The Morgan fingerprint density at radius 3 is 1.80 bits per heavy atom. The lowest BCUT2D eigenvalue weighted by Crippen LogP contribution is -2.28. The number of aliphatic hydroxyl groups is 3. The van der Waals surface area contributed by atoms with Gasteiger partial charge in [-0.25, -0.2) is 0 Å². The largest absolute Gasteiger partial charge is 0.394 e. The molecule has 0 aromatic heterocycles. The molecule has 0 aromatic carbocycles. The second-order valence-electron chi connectivity index (χ2n) is 1.75. The standard InChI is InChI=1S/C3H9O5PS/c4-1-2(5)3(6)9(7,8)10/h2-6H,1H2,(H2,7,8,10)/t2-,3?/m0/s1. The van der Waals surface area contributed by atoms with Gasteiger partial charge in [-0.05, 0) is 11.8 Å². The second kappa shape index (κ2) is 3.73. The fourth-order valence-electron chi connectivity index (χ4n) is 0.318. The molecule has 0 aliphatic heterocycles. The zero-order chi connectivity index (χ0) is 8.36. The van der Waals surface area contributed by atoms with Crippen molar-refractivity contribution in [3.05, 3.63) is 0 Å². The quantitative estimate of drug-likeness (QED) is 0.327. The Kier molecular flexibility index (Phi) is 3.90. The molecule has 2 atom stereocenters. The molecule has 0 heterocycles. The fourth-order valence-corrected chi connectivity index (χ4v) is 1.28. The van der Waals surface area contributed by atoms with Gasteiger partial charge >= 0.3 is 0 Å². The van der Waals surface area contributed by atoms with Gasteiger partial charge < -0.3 is 25.1 Å².